The molecule has 9 nitrogen and oxygen atoms in total. The van der Waals surface area contributed by atoms with Gasteiger partial charge in [-0.15, -0.1) is 0 Å². The third-order valence-electron chi connectivity index (χ3n) is 5.45. The molecule has 2 unspecified atom stereocenters. The summed E-state index contributed by atoms with van der Waals surface area (Å²) < 4.78 is 16.0. The summed E-state index contributed by atoms with van der Waals surface area (Å²) in [6, 6.07) is 11.9. The van der Waals surface area contributed by atoms with E-state index < -0.39 is 5.91 Å². The third-order valence-corrected chi connectivity index (χ3v) is 5.45. The SMILES string of the molecule is COc1ccc(C(=O)NCC(=O)NCc2ccc(C(=O)N3CC(C)OC(C)C3)cc2)cc1OC. The summed E-state index contributed by atoms with van der Waals surface area (Å²) >= 11 is 0. The van der Waals surface area contributed by atoms with E-state index in [2.05, 4.69) is 10.6 Å². The van der Waals surface area contributed by atoms with Gasteiger partial charge in [0.25, 0.3) is 11.8 Å². The molecule has 2 aromatic rings. The van der Waals surface area contributed by atoms with Crippen molar-refractivity contribution in [1.82, 2.24) is 15.5 Å². The lowest BCUT2D eigenvalue weighted by molar-refractivity contribution is -0.120. The molecule has 1 saturated heterocycles. The number of amides is 3. The molecule has 3 rings (SSSR count). The number of morpholine rings is 1. The molecule has 2 N–H and O–H groups in total. The molecule has 0 radical (unpaired) electrons. The van der Waals surface area contributed by atoms with Crippen molar-refractivity contribution in [2.45, 2.75) is 32.6 Å². The molecule has 0 spiro atoms. The highest BCUT2D eigenvalue weighted by Gasteiger charge is 2.26. The van der Waals surface area contributed by atoms with E-state index in [9.17, 15) is 14.4 Å². The molecule has 0 saturated carbocycles. The number of nitrogens with zero attached hydrogens (tertiary/aromatic N) is 1. The second-order valence-corrected chi connectivity index (χ2v) is 8.19. The summed E-state index contributed by atoms with van der Waals surface area (Å²) in [7, 11) is 3.00. The van der Waals surface area contributed by atoms with Crippen molar-refractivity contribution in [2.75, 3.05) is 33.9 Å². The fourth-order valence-electron chi connectivity index (χ4n) is 3.79. The number of hydrogen-bond donors (Lipinski definition) is 2. The summed E-state index contributed by atoms with van der Waals surface area (Å²) in [6.45, 7) is 5.16. The van der Waals surface area contributed by atoms with E-state index in [-0.39, 0.29) is 37.1 Å². The molecule has 0 bridgehead atoms. The second-order valence-electron chi connectivity index (χ2n) is 8.19. The van der Waals surface area contributed by atoms with Crippen LogP contribution in [0.25, 0.3) is 0 Å². The summed E-state index contributed by atoms with van der Waals surface area (Å²) in [5.74, 6) is 0.184. The Balaban J connectivity index is 1.47. The van der Waals surface area contributed by atoms with Crippen molar-refractivity contribution < 1.29 is 28.6 Å². The molecule has 0 aromatic heterocycles. The Kier molecular flexibility index (Phi) is 8.48. The van der Waals surface area contributed by atoms with E-state index in [1.807, 2.05) is 26.0 Å². The molecular formula is C25H31N3O6. The Morgan fingerprint density at radius 1 is 0.912 bits per heavy atom. The van der Waals surface area contributed by atoms with Gasteiger partial charge in [0, 0.05) is 30.8 Å². The van der Waals surface area contributed by atoms with Crippen molar-refractivity contribution in [3.63, 3.8) is 0 Å². The average Bonchev–Trinajstić information content (AvgIpc) is 2.84. The van der Waals surface area contributed by atoms with Gasteiger partial charge < -0.3 is 29.7 Å². The van der Waals surface area contributed by atoms with E-state index in [0.29, 0.717) is 35.7 Å². The number of rotatable bonds is 8. The Bertz CT molecular complexity index is 1010. The minimum atomic E-state index is -0.397. The quantitative estimate of drug-likeness (QED) is 0.613. The van der Waals surface area contributed by atoms with Gasteiger partial charge in [0.15, 0.2) is 11.5 Å². The molecular weight excluding hydrogens is 438 g/mol. The topological polar surface area (TPSA) is 106 Å². The molecule has 0 aliphatic carbocycles. The zero-order chi connectivity index (χ0) is 24.7. The highest BCUT2D eigenvalue weighted by atomic mass is 16.5. The smallest absolute Gasteiger partial charge is 0.254 e. The summed E-state index contributed by atoms with van der Waals surface area (Å²) in [5.41, 5.74) is 1.80. The number of hydrogen-bond acceptors (Lipinski definition) is 6. The van der Waals surface area contributed by atoms with Crippen LogP contribution in [0.1, 0.15) is 40.1 Å². The first-order chi connectivity index (χ1) is 16.3. The van der Waals surface area contributed by atoms with Crippen LogP contribution in [0.4, 0.5) is 0 Å². The van der Waals surface area contributed by atoms with Gasteiger partial charge in [-0.3, -0.25) is 14.4 Å². The van der Waals surface area contributed by atoms with Crippen LogP contribution in [-0.4, -0.2) is 68.7 Å². The standard InChI is InChI=1S/C25H31N3O6/c1-16-14-28(15-17(2)34-16)25(31)19-7-5-18(6-8-19)12-26-23(29)13-27-24(30)20-9-10-21(32-3)22(11-20)33-4/h5-11,16-17H,12-15H2,1-4H3,(H,26,29)(H,27,30). The monoisotopic (exact) mass is 469 g/mol. The van der Waals surface area contributed by atoms with Crippen LogP contribution < -0.4 is 20.1 Å². The van der Waals surface area contributed by atoms with Crippen molar-refractivity contribution in [3.05, 3.63) is 59.2 Å². The van der Waals surface area contributed by atoms with Crippen LogP contribution in [0.5, 0.6) is 11.5 Å². The van der Waals surface area contributed by atoms with E-state index in [1.165, 1.54) is 14.2 Å². The number of carbonyl (C=O) groups is 3. The third kappa shape index (κ3) is 6.48. The predicted molar refractivity (Wildman–Crippen MR) is 126 cm³/mol. The molecule has 2 aromatic carbocycles. The first-order valence-electron chi connectivity index (χ1n) is 11.1. The van der Waals surface area contributed by atoms with Crippen LogP contribution in [0.3, 0.4) is 0 Å². The van der Waals surface area contributed by atoms with E-state index in [4.69, 9.17) is 14.2 Å². The zero-order valence-corrected chi connectivity index (χ0v) is 19.9. The number of methoxy groups -OCH3 is 2. The molecule has 1 aliphatic heterocycles. The number of benzene rings is 2. The lowest BCUT2D eigenvalue weighted by Crippen LogP contribution is -2.48. The van der Waals surface area contributed by atoms with Gasteiger partial charge in [0.2, 0.25) is 5.91 Å². The lowest BCUT2D eigenvalue weighted by Gasteiger charge is -2.35. The number of ether oxygens (including phenoxy) is 3. The number of nitrogens with one attached hydrogen (secondary N) is 2. The Hall–Kier alpha value is -3.59. The molecule has 1 fully saturated rings. The molecule has 3 amide bonds. The van der Waals surface area contributed by atoms with Gasteiger partial charge in [-0.1, -0.05) is 12.1 Å². The van der Waals surface area contributed by atoms with Gasteiger partial charge in [0.05, 0.1) is 33.0 Å². The Morgan fingerprint density at radius 3 is 2.15 bits per heavy atom. The minimum absolute atomic E-state index is 0.00873. The van der Waals surface area contributed by atoms with Crippen molar-refractivity contribution in [3.8, 4) is 11.5 Å². The first-order valence-corrected chi connectivity index (χ1v) is 11.1. The fourth-order valence-corrected chi connectivity index (χ4v) is 3.79. The maximum absolute atomic E-state index is 12.8. The summed E-state index contributed by atoms with van der Waals surface area (Å²) in [6.07, 6.45) is 0.0175. The maximum Gasteiger partial charge on any atom is 0.254 e. The van der Waals surface area contributed by atoms with Crippen molar-refractivity contribution in [2.24, 2.45) is 0 Å². The minimum Gasteiger partial charge on any atom is -0.493 e. The highest BCUT2D eigenvalue weighted by molar-refractivity contribution is 5.97. The zero-order valence-electron chi connectivity index (χ0n) is 19.9. The molecule has 1 heterocycles. The molecule has 9 heteroatoms. The molecule has 182 valence electrons. The highest BCUT2D eigenvalue weighted by Crippen LogP contribution is 2.27. The van der Waals surface area contributed by atoms with Gasteiger partial charge >= 0.3 is 0 Å². The average molecular weight is 470 g/mol. The largest absolute Gasteiger partial charge is 0.493 e. The van der Waals surface area contributed by atoms with Gasteiger partial charge in [0.1, 0.15) is 0 Å². The normalized spacial score (nSPS) is 17.6. The summed E-state index contributed by atoms with van der Waals surface area (Å²) in [4.78, 5) is 39.1. The Labute approximate surface area is 199 Å². The van der Waals surface area contributed by atoms with Crippen LogP contribution in [0.2, 0.25) is 0 Å². The maximum atomic E-state index is 12.8. The second kappa shape index (κ2) is 11.5. The van der Waals surface area contributed by atoms with Gasteiger partial charge in [-0.05, 0) is 49.7 Å². The number of carbonyl (C=O) groups excluding carboxylic acids is 3. The fraction of sp³-hybridized carbons (Fsp3) is 0.400. The first kappa shape index (κ1) is 25.0. The van der Waals surface area contributed by atoms with Crippen LogP contribution in [-0.2, 0) is 16.1 Å². The van der Waals surface area contributed by atoms with E-state index >= 15 is 0 Å². The van der Waals surface area contributed by atoms with E-state index in [1.54, 1.807) is 35.2 Å². The summed E-state index contributed by atoms with van der Waals surface area (Å²) in [5, 5.41) is 5.34. The molecule has 34 heavy (non-hydrogen) atoms. The van der Waals surface area contributed by atoms with Crippen molar-refractivity contribution >= 4 is 17.7 Å². The molecule has 2 atom stereocenters. The predicted octanol–water partition coefficient (Wildman–Crippen LogP) is 2.00. The lowest BCUT2D eigenvalue weighted by atomic mass is 10.1. The Morgan fingerprint density at radius 2 is 1.53 bits per heavy atom. The van der Waals surface area contributed by atoms with Gasteiger partial charge in [-0.2, -0.15) is 0 Å². The van der Waals surface area contributed by atoms with Gasteiger partial charge in [-0.25, -0.2) is 0 Å². The van der Waals surface area contributed by atoms with Crippen LogP contribution >= 0.6 is 0 Å². The van der Waals surface area contributed by atoms with E-state index in [0.717, 1.165) is 5.56 Å². The van der Waals surface area contributed by atoms with Crippen LogP contribution in [0.15, 0.2) is 42.5 Å². The molecule has 1 aliphatic rings. The van der Waals surface area contributed by atoms with Crippen LogP contribution in [0, 0.1) is 0 Å². The van der Waals surface area contributed by atoms with Crippen molar-refractivity contribution in [1.29, 1.82) is 0 Å².